The first kappa shape index (κ1) is 13.6. The maximum atomic E-state index is 11.9. The van der Waals surface area contributed by atoms with Gasteiger partial charge in [0.1, 0.15) is 11.5 Å². The van der Waals surface area contributed by atoms with E-state index in [2.05, 4.69) is 10.2 Å². The topological polar surface area (TPSA) is 71.5 Å². The van der Waals surface area contributed by atoms with Crippen LogP contribution in [0.4, 0.5) is 0 Å². The molecular weight excluding hydrogens is 254 g/mol. The van der Waals surface area contributed by atoms with Gasteiger partial charge in [0.05, 0.1) is 12.0 Å². The van der Waals surface area contributed by atoms with Gasteiger partial charge in [-0.2, -0.15) is 0 Å². The molecule has 5 heteroatoms. The van der Waals surface area contributed by atoms with Crippen LogP contribution < -0.4 is 11.1 Å². The highest BCUT2D eigenvalue weighted by atomic mass is 16.3. The summed E-state index contributed by atoms with van der Waals surface area (Å²) in [6.45, 7) is 5.66. The molecule has 1 aromatic rings. The van der Waals surface area contributed by atoms with Gasteiger partial charge in [-0.1, -0.05) is 0 Å². The molecule has 0 bridgehead atoms. The van der Waals surface area contributed by atoms with Crippen LogP contribution in [0.5, 0.6) is 0 Å². The Bertz CT molecular complexity index is 497. The number of nitrogens with one attached hydrogen (secondary N) is 1. The van der Waals surface area contributed by atoms with Crippen LogP contribution >= 0.6 is 0 Å². The molecule has 3 rings (SSSR count). The van der Waals surface area contributed by atoms with E-state index < -0.39 is 0 Å². The maximum Gasteiger partial charge on any atom is 0.224 e. The lowest BCUT2D eigenvalue weighted by atomic mass is 9.88. The van der Waals surface area contributed by atoms with E-state index in [-0.39, 0.29) is 30.0 Å². The highest BCUT2D eigenvalue weighted by molar-refractivity contribution is 5.82. The number of hydrogen-bond acceptors (Lipinski definition) is 4. The zero-order valence-electron chi connectivity index (χ0n) is 12.1. The molecule has 110 valence electrons. The monoisotopic (exact) mass is 277 g/mol. The second kappa shape index (κ2) is 5.22. The van der Waals surface area contributed by atoms with E-state index in [9.17, 15) is 4.79 Å². The molecule has 3 N–H and O–H groups in total. The van der Waals surface area contributed by atoms with Crippen LogP contribution in [0.15, 0.2) is 16.5 Å². The summed E-state index contributed by atoms with van der Waals surface area (Å²) in [6, 6.07) is 4.25. The van der Waals surface area contributed by atoms with Gasteiger partial charge in [0.15, 0.2) is 0 Å². The Morgan fingerprint density at radius 3 is 2.95 bits per heavy atom. The second-order valence-corrected chi connectivity index (χ2v) is 6.05. The fourth-order valence-electron chi connectivity index (χ4n) is 3.67. The molecule has 5 nitrogen and oxygen atoms in total. The van der Waals surface area contributed by atoms with Gasteiger partial charge in [-0.15, -0.1) is 0 Å². The molecule has 0 radical (unpaired) electrons. The molecular formula is C15H23N3O2. The van der Waals surface area contributed by atoms with Gasteiger partial charge in [-0.05, 0) is 45.4 Å². The molecule has 0 spiro atoms. The molecule has 2 fully saturated rings. The number of nitrogens with two attached hydrogens (primary N) is 1. The van der Waals surface area contributed by atoms with E-state index in [1.165, 1.54) is 0 Å². The van der Waals surface area contributed by atoms with Crippen molar-refractivity contribution in [3.63, 3.8) is 0 Å². The quantitative estimate of drug-likeness (QED) is 0.870. The van der Waals surface area contributed by atoms with Gasteiger partial charge in [0, 0.05) is 18.6 Å². The molecule has 4 atom stereocenters. The van der Waals surface area contributed by atoms with Crippen LogP contribution in [-0.4, -0.2) is 36.0 Å². The van der Waals surface area contributed by atoms with Crippen LogP contribution in [0.2, 0.25) is 0 Å². The van der Waals surface area contributed by atoms with E-state index in [0.717, 1.165) is 37.5 Å². The zero-order chi connectivity index (χ0) is 14.3. The zero-order valence-corrected chi connectivity index (χ0v) is 12.1. The van der Waals surface area contributed by atoms with E-state index in [1.54, 1.807) is 0 Å². The number of rotatable bonds is 3. The minimum atomic E-state index is -0.0324. The van der Waals surface area contributed by atoms with E-state index in [0.29, 0.717) is 0 Å². The molecule has 2 aliphatic heterocycles. The lowest BCUT2D eigenvalue weighted by Crippen LogP contribution is -2.51. The Hall–Kier alpha value is -1.33. The lowest BCUT2D eigenvalue weighted by molar-refractivity contribution is -0.124. The summed E-state index contributed by atoms with van der Waals surface area (Å²) in [5.41, 5.74) is 6.22. The van der Waals surface area contributed by atoms with Crippen molar-refractivity contribution in [3.8, 4) is 0 Å². The Morgan fingerprint density at radius 2 is 2.30 bits per heavy atom. The van der Waals surface area contributed by atoms with Crippen LogP contribution in [0.1, 0.15) is 37.3 Å². The number of fused-ring (bicyclic) bond motifs is 1. The summed E-state index contributed by atoms with van der Waals surface area (Å²) in [4.78, 5) is 14.3. The third kappa shape index (κ3) is 2.25. The lowest BCUT2D eigenvalue weighted by Gasteiger charge is -2.42. The summed E-state index contributed by atoms with van der Waals surface area (Å²) in [5.74, 6) is 2.12. The molecule has 2 saturated heterocycles. The first-order valence-corrected chi connectivity index (χ1v) is 7.43. The number of piperidine rings is 1. The van der Waals surface area contributed by atoms with Gasteiger partial charge in [-0.25, -0.2) is 0 Å². The standard InChI is InChI=1S/C15H23N3O2/c1-9-5-6-13(20-9)14(10(2)16)18-7-3-4-11-12(18)8-17-15(11)19/h5-6,10-12,14H,3-4,7-8,16H2,1-2H3,(H,17,19). The average molecular weight is 277 g/mol. The number of aryl methyl sites for hydroxylation is 1. The number of amides is 1. The highest BCUT2D eigenvalue weighted by Gasteiger charge is 2.44. The Balaban J connectivity index is 1.89. The fraction of sp³-hybridized carbons (Fsp3) is 0.667. The number of furan rings is 1. The van der Waals surface area contributed by atoms with Gasteiger partial charge in [-0.3, -0.25) is 9.69 Å². The van der Waals surface area contributed by atoms with Crippen LogP contribution in [0, 0.1) is 12.8 Å². The predicted molar refractivity (Wildman–Crippen MR) is 76.1 cm³/mol. The Morgan fingerprint density at radius 1 is 1.50 bits per heavy atom. The molecule has 2 aliphatic rings. The van der Waals surface area contributed by atoms with E-state index in [4.69, 9.17) is 10.2 Å². The average Bonchev–Trinajstić information content (AvgIpc) is 2.98. The van der Waals surface area contributed by atoms with Crippen LogP contribution in [-0.2, 0) is 4.79 Å². The van der Waals surface area contributed by atoms with Crippen molar-refractivity contribution in [2.24, 2.45) is 11.7 Å². The van der Waals surface area contributed by atoms with Crippen molar-refractivity contribution in [2.75, 3.05) is 13.1 Å². The summed E-state index contributed by atoms with van der Waals surface area (Å²) in [5, 5.41) is 2.99. The first-order chi connectivity index (χ1) is 9.58. The van der Waals surface area contributed by atoms with E-state index in [1.807, 2.05) is 26.0 Å². The number of nitrogens with zero attached hydrogens (tertiary/aromatic N) is 1. The number of hydrogen-bond donors (Lipinski definition) is 2. The second-order valence-electron chi connectivity index (χ2n) is 6.05. The fourth-order valence-corrected chi connectivity index (χ4v) is 3.67. The number of likely N-dealkylation sites (tertiary alicyclic amines) is 1. The highest BCUT2D eigenvalue weighted by Crippen LogP contribution is 2.35. The number of carbonyl (C=O) groups excluding carboxylic acids is 1. The smallest absolute Gasteiger partial charge is 0.224 e. The van der Waals surface area contributed by atoms with Gasteiger partial charge in [0.25, 0.3) is 0 Å². The minimum Gasteiger partial charge on any atom is -0.465 e. The SMILES string of the molecule is Cc1ccc(C(C(C)N)N2CCCC3C(=O)NCC32)o1. The van der Waals surface area contributed by atoms with Crippen molar-refractivity contribution < 1.29 is 9.21 Å². The minimum absolute atomic E-state index is 0.0324. The molecule has 1 aromatic heterocycles. The molecule has 0 aliphatic carbocycles. The Labute approximate surface area is 119 Å². The molecule has 0 aromatic carbocycles. The Kier molecular flexibility index (Phi) is 3.56. The summed E-state index contributed by atoms with van der Waals surface area (Å²) >= 11 is 0. The molecule has 20 heavy (non-hydrogen) atoms. The van der Waals surface area contributed by atoms with Crippen LogP contribution in [0.25, 0.3) is 0 Å². The first-order valence-electron chi connectivity index (χ1n) is 7.43. The van der Waals surface area contributed by atoms with Crippen molar-refractivity contribution >= 4 is 5.91 Å². The van der Waals surface area contributed by atoms with Gasteiger partial charge >= 0.3 is 0 Å². The normalized spacial score (nSPS) is 29.9. The van der Waals surface area contributed by atoms with Crippen molar-refractivity contribution in [3.05, 3.63) is 23.7 Å². The molecule has 3 heterocycles. The maximum absolute atomic E-state index is 11.9. The molecule has 1 amide bonds. The predicted octanol–water partition coefficient (Wildman–Crippen LogP) is 1.19. The van der Waals surface area contributed by atoms with Crippen molar-refractivity contribution in [1.29, 1.82) is 0 Å². The van der Waals surface area contributed by atoms with E-state index >= 15 is 0 Å². The van der Waals surface area contributed by atoms with Crippen molar-refractivity contribution in [2.45, 2.75) is 44.8 Å². The summed E-state index contributed by atoms with van der Waals surface area (Å²) in [6.07, 6.45) is 2.02. The third-order valence-corrected chi connectivity index (χ3v) is 4.55. The van der Waals surface area contributed by atoms with Crippen molar-refractivity contribution in [1.82, 2.24) is 10.2 Å². The van der Waals surface area contributed by atoms with Crippen LogP contribution in [0.3, 0.4) is 0 Å². The summed E-state index contributed by atoms with van der Waals surface area (Å²) < 4.78 is 5.81. The summed E-state index contributed by atoms with van der Waals surface area (Å²) in [7, 11) is 0. The third-order valence-electron chi connectivity index (χ3n) is 4.55. The number of carbonyl (C=O) groups is 1. The largest absolute Gasteiger partial charge is 0.465 e. The molecule has 4 unspecified atom stereocenters. The molecule has 0 saturated carbocycles. The van der Waals surface area contributed by atoms with Gasteiger partial charge in [0.2, 0.25) is 5.91 Å². The van der Waals surface area contributed by atoms with Gasteiger partial charge < -0.3 is 15.5 Å².